The molecule has 2 heteroatoms. The van der Waals surface area contributed by atoms with Crippen molar-refractivity contribution in [3.05, 3.63) is 138 Å². The van der Waals surface area contributed by atoms with E-state index < -0.39 is 0 Å². The van der Waals surface area contributed by atoms with Gasteiger partial charge in [-0.2, -0.15) is 0 Å². The quantitative estimate of drug-likeness (QED) is 0.391. The molecule has 0 radical (unpaired) electrons. The van der Waals surface area contributed by atoms with Crippen LogP contribution in [0, 0.1) is 0 Å². The first-order valence-electron chi connectivity index (χ1n) is 9.66. The van der Waals surface area contributed by atoms with Gasteiger partial charge in [0.05, 0.1) is 5.69 Å². The Labute approximate surface area is 170 Å². The van der Waals surface area contributed by atoms with Crippen molar-refractivity contribution in [2.75, 3.05) is 0 Å². The number of benzene rings is 4. The molecule has 0 bridgehead atoms. The summed E-state index contributed by atoms with van der Waals surface area (Å²) >= 11 is 0. The standard InChI is InChI=1S/C27H19NO/c1-4-12-20(13-5-1)25(21-14-6-2-7-15-21)26-23-18-10-11-19-24(23)27(29-26)28-22-16-8-3-9-17-22/h1-19H. The van der Waals surface area contributed by atoms with E-state index in [-0.39, 0.29) is 0 Å². The SMILES string of the molecule is c1ccc(N=C2OC(=C(c3ccccc3)c3ccccc3)c3ccccc32)cc1. The number of para-hydroxylation sites is 1. The number of hydrogen-bond acceptors (Lipinski definition) is 2. The lowest BCUT2D eigenvalue weighted by molar-refractivity contribution is 0.527. The Morgan fingerprint density at radius 3 is 1.59 bits per heavy atom. The lowest BCUT2D eigenvalue weighted by atomic mass is 9.94. The van der Waals surface area contributed by atoms with E-state index in [1.807, 2.05) is 54.6 Å². The minimum Gasteiger partial charge on any atom is -0.437 e. The van der Waals surface area contributed by atoms with Crippen LogP contribution >= 0.6 is 0 Å². The molecule has 0 aromatic heterocycles. The summed E-state index contributed by atoms with van der Waals surface area (Å²) in [7, 11) is 0. The molecule has 0 saturated heterocycles. The third-order valence-corrected chi connectivity index (χ3v) is 4.94. The number of aliphatic imine (C=N–C) groups is 1. The van der Waals surface area contributed by atoms with Gasteiger partial charge in [-0.15, -0.1) is 0 Å². The van der Waals surface area contributed by atoms with Crippen molar-refractivity contribution < 1.29 is 4.74 Å². The molecular weight excluding hydrogens is 354 g/mol. The van der Waals surface area contributed by atoms with Gasteiger partial charge < -0.3 is 4.74 Å². The Bertz CT molecular complexity index is 1150. The molecule has 0 fully saturated rings. The Morgan fingerprint density at radius 2 is 1.00 bits per heavy atom. The minimum absolute atomic E-state index is 0.631. The van der Waals surface area contributed by atoms with Crippen LogP contribution in [0.3, 0.4) is 0 Å². The Hall–Kier alpha value is -3.91. The van der Waals surface area contributed by atoms with Gasteiger partial charge >= 0.3 is 0 Å². The molecule has 5 rings (SSSR count). The summed E-state index contributed by atoms with van der Waals surface area (Å²) in [5.74, 6) is 1.47. The summed E-state index contributed by atoms with van der Waals surface area (Å²) in [4.78, 5) is 4.78. The maximum Gasteiger partial charge on any atom is 0.227 e. The first-order valence-corrected chi connectivity index (χ1v) is 9.66. The fraction of sp³-hybridized carbons (Fsp3) is 0. The smallest absolute Gasteiger partial charge is 0.227 e. The molecule has 0 unspecified atom stereocenters. The fourth-order valence-corrected chi connectivity index (χ4v) is 3.60. The Kier molecular flexibility index (Phi) is 4.51. The van der Waals surface area contributed by atoms with Crippen molar-refractivity contribution in [1.82, 2.24) is 0 Å². The number of fused-ring (bicyclic) bond motifs is 1. The molecule has 0 N–H and O–H groups in total. The van der Waals surface area contributed by atoms with Crippen LogP contribution in [0.25, 0.3) is 11.3 Å². The zero-order valence-electron chi connectivity index (χ0n) is 15.8. The van der Waals surface area contributed by atoms with E-state index in [0.717, 1.165) is 39.3 Å². The predicted octanol–water partition coefficient (Wildman–Crippen LogP) is 6.71. The average Bonchev–Trinajstić information content (AvgIpc) is 3.14. The zero-order chi connectivity index (χ0) is 19.5. The Balaban J connectivity index is 1.75. The highest BCUT2D eigenvalue weighted by atomic mass is 16.5. The number of rotatable bonds is 3. The third kappa shape index (κ3) is 3.37. The normalized spacial score (nSPS) is 13.8. The molecular formula is C27H19NO. The van der Waals surface area contributed by atoms with Crippen LogP contribution in [0.2, 0.25) is 0 Å². The highest BCUT2D eigenvalue weighted by Gasteiger charge is 2.28. The van der Waals surface area contributed by atoms with Crippen LogP contribution in [0.1, 0.15) is 22.3 Å². The molecule has 0 atom stereocenters. The summed E-state index contributed by atoms with van der Waals surface area (Å²) in [5, 5.41) is 0. The molecule has 138 valence electrons. The summed E-state index contributed by atoms with van der Waals surface area (Å²) in [6.45, 7) is 0. The van der Waals surface area contributed by atoms with Crippen molar-refractivity contribution >= 4 is 22.9 Å². The molecule has 0 spiro atoms. The van der Waals surface area contributed by atoms with E-state index in [0.29, 0.717) is 5.90 Å². The maximum atomic E-state index is 6.44. The topological polar surface area (TPSA) is 21.6 Å². The van der Waals surface area contributed by atoms with E-state index in [1.54, 1.807) is 0 Å². The minimum atomic E-state index is 0.631. The molecule has 29 heavy (non-hydrogen) atoms. The highest BCUT2D eigenvalue weighted by Crippen LogP contribution is 2.39. The Morgan fingerprint density at radius 1 is 0.517 bits per heavy atom. The third-order valence-electron chi connectivity index (χ3n) is 4.94. The molecule has 0 aliphatic carbocycles. The summed E-state index contributed by atoms with van der Waals surface area (Å²) in [5.41, 5.74) is 6.24. The monoisotopic (exact) mass is 373 g/mol. The first-order chi connectivity index (χ1) is 14.4. The number of hydrogen-bond donors (Lipinski definition) is 0. The van der Waals surface area contributed by atoms with E-state index in [9.17, 15) is 0 Å². The van der Waals surface area contributed by atoms with Gasteiger partial charge in [-0.1, -0.05) is 97.1 Å². The molecule has 4 aromatic rings. The van der Waals surface area contributed by atoms with Crippen LogP contribution in [0.5, 0.6) is 0 Å². The van der Waals surface area contributed by atoms with Crippen molar-refractivity contribution in [2.24, 2.45) is 4.99 Å². The van der Waals surface area contributed by atoms with Gasteiger partial charge in [0.25, 0.3) is 0 Å². The van der Waals surface area contributed by atoms with Crippen molar-refractivity contribution in [1.29, 1.82) is 0 Å². The molecule has 2 nitrogen and oxygen atoms in total. The lowest BCUT2D eigenvalue weighted by Gasteiger charge is -2.12. The summed E-state index contributed by atoms with van der Waals surface area (Å²) in [6.07, 6.45) is 0. The highest BCUT2D eigenvalue weighted by molar-refractivity contribution is 6.13. The average molecular weight is 373 g/mol. The summed E-state index contributed by atoms with van der Waals surface area (Å²) in [6, 6.07) is 38.9. The van der Waals surface area contributed by atoms with Gasteiger partial charge in [0.15, 0.2) is 0 Å². The maximum absolute atomic E-state index is 6.44. The van der Waals surface area contributed by atoms with E-state index in [1.165, 1.54) is 0 Å². The van der Waals surface area contributed by atoms with Crippen LogP contribution in [0.15, 0.2) is 120 Å². The second-order valence-corrected chi connectivity index (χ2v) is 6.84. The number of nitrogens with zero attached hydrogens (tertiary/aromatic N) is 1. The van der Waals surface area contributed by atoms with Crippen LogP contribution in [-0.2, 0) is 4.74 Å². The van der Waals surface area contributed by atoms with Gasteiger partial charge in [0.2, 0.25) is 5.90 Å². The molecule has 1 aliphatic heterocycles. The molecule has 4 aromatic carbocycles. The van der Waals surface area contributed by atoms with Gasteiger partial charge in [-0.3, -0.25) is 0 Å². The molecule has 0 saturated carbocycles. The van der Waals surface area contributed by atoms with E-state index in [2.05, 4.69) is 60.7 Å². The largest absolute Gasteiger partial charge is 0.437 e. The van der Waals surface area contributed by atoms with Crippen LogP contribution in [-0.4, -0.2) is 5.90 Å². The van der Waals surface area contributed by atoms with Crippen molar-refractivity contribution in [2.45, 2.75) is 0 Å². The zero-order valence-corrected chi connectivity index (χ0v) is 15.8. The molecule has 0 amide bonds. The van der Waals surface area contributed by atoms with E-state index >= 15 is 0 Å². The second-order valence-electron chi connectivity index (χ2n) is 6.84. The summed E-state index contributed by atoms with van der Waals surface area (Å²) < 4.78 is 6.44. The van der Waals surface area contributed by atoms with Crippen molar-refractivity contribution in [3.8, 4) is 0 Å². The van der Waals surface area contributed by atoms with Crippen molar-refractivity contribution in [3.63, 3.8) is 0 Å². The molecule has 1 aliphatic rings. The lowest BCUT2D eigenvalue weighted by Crippen LogP contribution is -1.97. The fourth-order valence-electron chi connectivity index (χ4n) is 3.60. The van der Waals surface area contributed by atoms with Crippen LogP contribution < -0.4 is 0 Å². The van der Waals surface area contributed by atoms with Gasteiger partial charge in [0.1, 0.15) is 5.76 Å². The molecule has 1 heterocycles. The van der Waals surface area contributed by atoms with Gasteiger partial charge in [0, 0.05) is 16.7 Å². The van der Waals surface area contributed by atoms with Crippen LogP contribution in [0.4, 0.5) is 5.69 Å². The first kappa shape index (κ1) is 17.2. The predicted molar refractivity (Wildman–Crippen MR) is 119 cm³/mol. The number of ether oxygens (including phenoxy) is 1. The second kappa shape index (κ2) is 7.61. The van der Waals surface area contributed by atoms with E-state index in [4.69, 9.17) is 9.73 Å². The van der Waals surface area contributed by atoms with Gasteiger partial charge in [-0.05, 0) is 29.3 Å². The van der Waals surface area contributed by atoms with Gasteiger partial charge in [-0.25, -0.2) is 4.99 Å².